The van der Waals surface area contributed by atoms with Crippen LogP contribution < -0.4 is 5.32 Å². The van der Waals surface area contributed by atoms with Gasteiger partial charge in [0.05, 0.1) is 6.21 Å². The Bertz CT molecular complexity index is 680. The SMILES string of the molecule is CSC([SH2+])=NN=CC(=NN=C([SH2+])NC(C)C(=O)O)c1ccccc1.[Ni+2]. The Hall–Kier alpha value is -1.29. The Kier molecular flexibility index (Phi) is 12.3. The van der Waals surface area contributed by atoms with Crippen LogP contribution in [0.25, 0.3) is 0 Å². The molecule has 1 atom stereocenters. The molecule has 136 valence electrons. The molecule has 0 bridgehead atoms. The maximum absolute atomic E-state index is 10.8. The van der Waals surface area contributed by atoms with Gasteiger partial charge in [0.25, 0.3) is 4.38 Å². The fraction of sp³-hybridized carbons (Fsp3) is 0.214. The van der Waals surface area contributed by atoms with Gasteiger partial charge in [0.15, 0.2) is 0 Å². The van der Waals surface area contributed by atoms with Crippen LogP contribution in [0.3, 0.4) is 0 Å². The Labute approximate surface area is 171 Å². The average molecular weight is 444 g/mol. The van der Waals surface area contributed by atoms with Gasteiger partial charge in [-0.3, -0.25) is 4.79 Å². The summed E-state index contributed by atoms with van der Waals surface area (Å²) >= 11 is 7.90. The summed E-state index contributed by atoms with van der Waals surface area (Å²) in [5, 5.41) is 27.6. The molecule has 0 aliphatic carbocycles. The summed E-state index contributed by atoms with van der Waals surface area (Å²) in [5.74, 6) is -0.995. The van der Waals surface area contributed by atoms with Crippen LogP contribution in [0.2, 0.25) is 0 Å². The molecule has 0 saturated heterocycles. The van der Waals surface area contributed by atoms with Crippen LogP contribution >= 0.6 is 11.8 Å². The number of rotatable bonds is 6. The molecular weight excluding hydrogens is 425 g/mol. The quantitative estimate of drug-likeness (QED) is 0.220. The number of carboxylic acid groups (broad SMARTS) is 1. The Morgan fingerprint density at radius 3 is 2.44 bits per heavy atom. The van der Waals surface area contributed by atoms with E-state index in [-0.39, 0.29) is 21.7 Å². The molecule has 0 radical (unpaired) electrons. The molecule has 0 aromatic heterocycles. The maximum Gasteiger partial charge on any atom is 2.00 e. The number of thioether (sulfide) groups is 1. The average Bonchev–Trinajstić information content (AvgIpc) is 2.58. The smallest absolute Gasteiger partial charge is 0.480 e. The molecule has 0 amide bonds. The second kappa shape index (κ2) is 13.0. The minimum atomic E-state index is -0.995. The molecular formula is C14H19N5NiO2S3+4. The molecule has 0 saturated carbocycles. The van der Waals surface area contributed by atoms with Crippen molar-refractivity contribution in [1.29, 1.82) is 0 Å². The molecule has 0 spiro atoms. The number of nitrogens with zero attached hydrogens (tertiary/aromatic N) is 4. The number of aliphatic carboxylic acids is 1. The van der Waals surface area contributed by atoms with Crippen molar-refractivity contribution >= 4 is 64.5 Å². The van der Waals surface area contributed by atoms with Crippen molar-refractivity contribution in [3.8, 4) is 0 Å². The van der Waals surface area contributed by atoms with Gasteiger partial charge in [-0.1, -0.05) is 52.3 Å². The van der Waals surface area contributed by atoms with Crippen LogP contribution in [-0.2, 0) is 46.5 Å². The van der Waals surface area contributed by atoms with Crippen LogP contribution in [-0.4, -0.2) is 44.8 Å². The van der Waals surface area contributed by atoms with E-state index in [1.807, 2.05) is 36.6 Å². The third kappa shape index (κ3) is 9.69. The third-order valence-electron chi connectivity index (χ3n) is 2.57. The Morgan fingerprint density at radius 1 is 1.24 bits per heavy atom. The summed E-state index contributed by atoms with van der Waals surface area (Å²) in [6.07, 6.45) is 3.33. The molecule has 0 aliphatic heterocycles. The summed E-state index contributed by atoms with van der Waals surface area (Å²) in [6.45, 7) is 1.50. The van der Waals surface area contributed by atoms with Crippen molar-refractivity contribution in [2.75, 3.05) is 6.26 Å². The van der Waals surface area contributed by atoms with E-state index in [0.717, 1.165) is 5.56 Å². The van der Waals surface area contributed by atoms with E-state index in [9.17, 15) is 4.79 Å². The van der Waals surface area contributed by atoms with Crippen molar-refractivity contribution in [3.05, 3.63) is 35.9 Å². The zero-order valence-electron chi connectivity index (χ0n) is 13.4. The molecule has 11 heteroatoms. The Morgan fingerprint density at radius 2 is 1.88 bits per heavy atom. The van der Waals surface area contributed by atoms with Gasteiger partial charge in [0.2, 0.25) is 0 Å². The number of carboxylic acids is 1. The first-order valence-corrected chi connectivity index (χ1v) is 8.95. The van der Waals surface area contributed by atoms with Gasteiger partial charge in [-0.05, 0) is 13.2 Å². The van der Waals surface area contributed by atoms with Gasteiger partial charge in [0.1, 0.15) is 11.8 Å². The predicted molar refractivity (Wildman–Crippen MR) is 110 cm³/mol. The van der Waals surface area contributed by atoms with Crippen molar-refractivity contribution in [2.24, 2.45) is 20.4 Å². The molecule has 0 heterocycles. The van der Waals surface area contributed by atoms with Crippen LogP contribution in [0.5, 0.6) is 0 Å². The van der Waals surface area contributed by atoms with Gasteiger partial charge in [-0.25, -0.2) is 0 Å². The van der Waals surface area contributed by atoms with E-state index in [4.69, 9.17) is 5.11 Å². The van der Waals surface area contributed by atoms with Crippen LogP contribution in [0.4, 0.5) is 0 Å². The first kappa shape index (κ1) is 23.7. The van der Waals surface area contributed by atoms with E-state index >= 15 is 0 Å². The maximum atomic E-state index is 10.8. The van der Waals surface area contributed by atoms with Crippen molar-refractivity contribution in [2.45, 2.75) is 13.0 Å². The minimum absolute atomic E-state index is 0. The number of hydrogen-bond acceptors (Lipinski definition) is 6. The molecule has 2 N–H and O–H groups in total. The van der Waals surface area contributed by atoms with Crippen LogP contribution in [0, 0.1) is 0 Å². The molecule has 1 aromatic carbocycles. The van der Waals surface area contributed by atoms with E-state index in [2.05, 4.69) is 51.0 Å². The van der Waals surface area contributed by atoms with Crippen molar-refractivity contribution in [1.82, 2.24) is 5.32 Å². The van der Waals surface area contributed by atoms with E-state index in [1.165, 1.54) is 24.9 Å². The summed E-state index contributed by atoms with van der Waals surface area (Å²) in [5.41, 5.74) is 1.27. The second-order valence-electron chi connectivity index (χ2n) is 4.36. The topological polar surface area (TPSA) is 98.8 Å². The zero-order chi connectivity index (χ0) is 17.9. The van der Waals surface area contributed by atoms with Gasteiger partial charge >= 0.3 is 27.6 Å². The van der Waals surface area contributed by atoms with E-state index < -0.39 is 12.0 Å². The van der Waals surface area contributed by atoms with E-state index in [1.54, 1.807) is 0 Å². The van der Waals surface area contributed by atoms with Crippen molar-refractivity contribution in [3.63, 3.8) is 0 Å². The number of carbonyl (C=O) groups is 1. The standard InChI is InChI=1S/C14H17N5O2S3.Ni/c1-9(12(20)21)16-13(22)18-17-11(8-15-19-14(23)24-2)10-6-4-3-5-7-10;/h3-9H,1-2H3,(H,19,23)(H,20,21)(H2,16,18,22);/q;+2/p+2. The second-order valence-corrected chi connectivity index (χ2v) is 6.46. The number of nitrogens with one attached hydrogen (secondary N) is 1. The van der Waals surface area contributed by atoms with Gasteiger partial charge in [0, 0.05) is 30.8 Å². The molecule has 25 heavy (non-hydrogen) atoms. The van der Waals surface area contributed by atoms with Crippen LogP contribution in [0.15, 0.2) is 50.7 Å². The van der Waals surface area contributed by atoms with Gasteiger partial charge in [-0.2, -0.15) is 5.10 Å². The zero-order valence-corrected chi connectivity index (χ0v) is 17.2. The summed E-state index contributed by atoms with van der Waals surface area (Å²) in [7, 11) is 0. The predicted octanol–water partition coefficient (Wildman–Crippen LogP) is 0.535. The molecule has 0 fully saturated rings. The van der Waals surface area contributed by atoms with Gasteiger partial charge in [-0.15, -0.1) is 5.10 Å². The molecule has 7 nitrogen and oxygen atoms in total. The van der Waals surface area contributed by atoms with Crippen LogP contribution in [0.1, 0.15) is 12.5 Å². The van der Waals surface area contributed by atoms with Crippen molar-refractivity contribution < 1.29 is 26.4 Å². The number of amidine groups is 1. The number of benzene rings is 1. The molecule has 1 unspecified atom stereocenters. The third-order valence-corrected chi connectivity index (χ3v) is 4.00. The fourth-order valence-electron chi connectivity index (χ4n) is 1.34. The molecule has 1 rings (SSSR count). The monoisotopic (exact) mass is 443 g/mol. The largest absolute Gasteiger partial charge is 2.00 e. The summed E-state index contributed by atoms with van der Waals surface area (Å²) < 4.78 is 0.625. The van der Waals surface area contributed by atoms with E-state index in [0.29, 0.717) is 10.1 Å². The van der Waals surface area contributed by atoms with Gasteiger partial charge < -0.3 is 10.4 Å². The Balaban J connectivity index is 0.00000576. The number of hydrogen-bond donors (Lipinski definition) is 2. The first-order chi connectivity index (χ1) is 11.4. The first-order valence-electron chi connectivity index (χ1n) is 6.72. The normalized spacial score (nSPS) is 14.2. The fourth-order valence-corrected chi connectivity index (χ4v) is 1.80. The summed E-state index contributed by atoms with van der Waals surface area (Å²) in [6, 6.07) is 8.52. The minimum Gasteiger partial charge on any atom is -0.480 e. The molecule has 0 aliphatic rings. The molecule has 1 aromatic rings. The summed E-state index contributed by atoms with van der Waals surface area (Å²) in [4.78, 5) is 10.8.